The fourth-order valence-corrected chi connectivity index (χ4v) is 1.69. The number of carbonyl (C=O) groups is 1. The molecule has 4 nitrogen and oxygen atoms in total. The zero-order chi connectivity index (χ0) is 16.5. The maximum atomic E-state index is 12.5. The number of hydrogen-bond acceptors (Lipinski definition) is 4. The van der Waals surface area contributed by atoms with Crippen molar-refractivity contribution in [3.63, 3.8) is 0 Å². The molecule has 1 aliphatic rings. The molecule has 1 atom stereocenters. The topological polar surface area (TPSA) is 47.6 Å². The van der Waals surface area contributed by atoms with E-state index in [4.69, 9.17) is 16.3 Å². The maximum absolute atomic E-state index is 12.5. The van der Waals surface area contributed by atoms with Crippen molar-refractivity contribution in [3.05, 3.63) is 23.8 Å². The van der Waals surface area contributed by atoms with E-state index in [1.54, 1.807) is 19.1 Å². The van der Waals surface area contributed by atoms with E-state index in [1.807, 2.05) is 0 Å². The second-order valence-electron chi connectivity index (χ2n) is 3.66. The number of likely N-dealkylation sites (N-methyl/N-ethyl adjacent to an activating group) is 1. The van der Waals surface area contributed by atoms with Gasteiger partial charge in [0.2, 0.25) is 6.79 Å². The van der Waals surface area contributed by atoms with E-state index >= 15 is 0 Å². The maximum Gasteiger partial charge on any atom is 0.231 e. The summed E-state index contributed by atoms with van der Waals surface area (Å²) in [5.41, 5.74) is 0.310. The molecule has 0 radical (unpaired) electrons. The van der Waals surface area contributed by atoms with Crippen LogP contribution in [0.1, 0.15) is 37.4 Å². The molecule has 0 fully saturated rings. The van der Waals surface area contributed by atoms with Gasteiger partial charge < -0.3 is 14.8 Å². The summed E-state index contributed by atoms with van der Waals surface area (Å²) in [5, 5.41) is 2.30. The van der Waals surface area contributed by atoms with E-state index in [2.05, 4.69) is 5.32 Å². The summed E-state index contributed by atoms with van der Waals surface area (Å²) in [6, 6.07) is 3.71. The van der Waals surface area contributed by atoms with Gasteiger partial charge >= 0.3 is 0 Å². The van der Waals surface area contributed by atoms with Crippen molar-refractivity contribution in [2.75, 3.05) is 13.3 Å². The molecule has 1 aromatic carbocycles. The molecule has 18 heavy (non-hydrogen) atoms. The number of carbonyl (C=O) groups excluding carboxylic acids is 1. The van der Waals surface area contributed by atoms with Crippen LogP contribution in [-0.4, -0.2) is 25.1 Å². The van der Waals surface area contributed by atoms with Crippen LogP contribution in [0.5, 0.6) is 11.5 Å². The Morgan fingerprint density at radius 2 is 2.33 bits per heavy atom. The molecule has 0 bridgehead atoms. The van der Waals surface area contributed by atoms with Crippen molar-refractivity contribution < 1.29 is 21.1 Å². The summed E-state index contributed by atoms with van der Waals surface area (Å²) < 4.78 is 47.1. The molecule has 0 amide bonds. The Balaban J connectivity index is 0.00000264. The third kappa shape index (κ3) is 2.94. The average molecular weight is 277 g/mol. The van der Waals surface area contributed by atoms with E-state index in [1.165, 1.54) is 6.07 Å². The van der Waals surface area contributed by atoms with Gasteiger partial charge in [-0.05, 0) is 31.1 Å². The van der Waals surface area contributed by atoms with Crippen molar-refractivity contribution in [2.24, 2.45) is 0 Å². The summed E-state index contributed by atoms with van der Waals surface area (Å²) in [4.78, 5) is 12.5. The van der Waals surface area contributed by atoms with Crippen LogP contribution in [0.4, 0.5) is 0 Å². The Kier molecular flexibility index (Phi) is 3.22. The molecular weight excluding hydrogens is 254 g/mol. The van der Waals surface area contributed by atoms with Crippen molar-refractivity contribution in [2.45, 2.75) is 26.2 Å². The molecule has 0 aliphatic carbocycles. The third-order valence-electron chi connectivity index (χ3n) is 2.63. The third-order valence-corrected chi connectivity index (χ3v) is 2.63. The summed E-state index contributed by atoms with van der Waals surface area (Å²) in [5.74, 6) is 0.587. The van der Waals surface area contributed by atoms with E-state index in [0.29, 0.717) is 17.1 Å². The highest BCUT2D eigenvalue weighted by Crippen LogP contribution is 2.32. The lowest BCUT2D eigenvalue weighted by molar-refractivity contribution is 0.0941. The molecule has 0 saturated heterocycles. The number of ether oxygens (including phenoxy) is 2. The first-order valence-electron chi connectivity index (χ1n) is 7.87. The van der Waals surface area contributed by atoms with E-state index in [0.717, 1.165) is 0 Å². The number of fused-ring (bicyclic) bond motifs is 1. The summed E-state index contributed by atoms with van der Waals surface area (Å²) in [6.45, 7) is -3.75. The summed E-state index contributed by atoms with van der Waals surface area (Å²) in [6.07, 6.45) is 0.253. The Bertz CT molecular complexity index is 579. The van der Waals surface area contributed by atoms with E-state index < -0.39 is 25.2 Å². The average Bonchev–Trinajstić information content (AvgIpc) is 2.90. The molecule has 0 saturated carbocycles. The van der Waals surface area contributed by atoms with Crippen LogP contribution in [0, 0.1) is 0 Å². The van der Waals surface area contributed by atoms with Crippen molar-refractivity contribution in [1.29, 1.82) is 0 Å². The second-order valence-corrected chi connectivity index (χ2v) is 3.66. The highest BCUT2D eigenvalue weighted by atomic mass is 35.5. The Morgan fingerprint density at radius 1 is 1.56 bits per heavy atom. The van der Waals surface area contributed by atoms with Crippen LogP contribution in [0.15, 0.2) is 18.2 Å². The molecule has 1 aromatic rings. The highest BCUT2D eigenvalue weighted by molar-refractivity contribution is 6.00. The van der Waals surface area contributed by atoms with Crippen LogP contribution in [0.2, 0.25) is 0 Å². The number of nitrogens with one attached hydrogen (secondary N) is 1. The normalized spacial score (nSPS) is 19.5. The lowest BCUT2D eigenvalue weighted by atomic mass is 10.0. The predicted octanol–water partition coefficient (Wildman–Crippen LogP) is 2.41. The molecular formula is C13H18ClNO3. The zero-order valence-electron chi connectivity index (χ0n) is 14.9. The SMILES string of the molecule is Cl.[2H]C([2H])([2H])C([2H])([2H])NC(CC)C(=O)c1ccc2c(c1)OCO2. The van der Waals surface area contributed by atoms with Crippen LogP contribution in [0.25, 0.3) is 0 Å². The van der Waals surface area contributed by atoms with Crippen LogP contribution in [0.3, 0.4) is 0 Å². The summed E-state index contributed by atoms with van der Waals surface area (Å²) in [7, 11) is 0. The standard InChI is InChI=1S/C13H17NO3.ClH/c1-3-10(14-4-2)13(15)9-5-6-11-12(7-9)17-8-16-11;/h5-7,10,14H,3-4,8H2,1-2H3;1H/i2D3,4D2;. The van der Waals surface area contributed by atoms with Gasteiger partial charge in [-0.15, -0.1) is 12.4 Å². The minimum Gasteiger partial charge on any atom is -0.454 e. The van der Waals surface area contributed by atoms with Gasteiger partial charge in [0.15, 0.2) is 17.3 Å². The first-order valence-corrected chi connectivity index (χ1v) is 5.37. The monoisotopic (exact) mass is 276 g/mol. The fourth-order valence-electron chi connectivity index (χ4n) is 1.69. The van der Waals surface area contributed by atoms with Gasteiger partial charge in [0.1, 0.15) is 0 Å². The largest absolute Gasteiger partial charge is 0.454 e. The first kappa shape index (κ1) is 8.77. The number of ketones is 1. The molecule has 0 spiro atoms. The number of Topliss-reactive ketones (excluding diaryl/α,β-unsaturated/α-hetero) is 1. The van der Waals surface area contributed by atoms with Gasteiger partial charge in [-0.3, -0.25) is 4.79 Å². The lowest BCUT2D eigenvalue weighted by Gasteiger charge is -2.14. The smallest absolute Gasteiger partial charge is 0.231 e. The van der Waals surface area contributed by atoms with Gasteiger partial charge in [0, 0.05) is 12.4 Å². The van der Waals surface area contributed by atoms with Gasteiger partial charge in [-0.1, -0.05) is 13.8 Å². The van der Waals surface area contributed by atoms with Gasteiger partial charge in [0.25, 0.3) is 0 Å². The van der Waals surface area contributed by atoms with Crippen LogP contribution >= 0.6 is 12.4 Å². The minimum atomic E-state index is -2.87. The quantitative estimate of drug-likeness (QED) is 0.839. The minimum absolute atomic E-state index is 0. The van der Waals surface area contributed by atoms with Crippen LogP contribution < -0.4 is 14.8 Å². The molecule has 0 aromatic heterocycles. The molecule has 1 N–H and O–H groups in total. The van der Waals surface area contributed by atoms with Gasteiger partial charge in [0.05, 0.1) is 6.04 Å². The van der Waals surface area contributed by atoms with Gasteiger partial charge in [-0.2, -0.15) is 0 Å². The number of benzene rings is 1. The summed E-state index contributed by atoms with van der Waals surface area (Å²) >= 11 is 0. The Morgan fingerprint density at radius 3 is 3.06 bits per heavy atom. The fraction of sp³-hybridized carbons (Fsp3) is 0.462. The lowest BCUT2D eigenvalue weighted by Crippen LogP contribution is -2.35. The number of hydrogen-bond donors (Lipinski definition) is 1. The predicted molar refractivity (Wildman–Crippen MR) is 71.9 cm³/mol. The molecule has 5 heteroatoms. The van der Waals surface area contributed by atoms with Crippen molar-refractivity contribution in [3.8, 4) is 11.5 Å². The second kappa shape index (κ2) is 6.61. The zero-order valence-corrected chi connectivity index (χ0v) is 10.7. The molecule has 1 aliphatic heterocycles. The van der Waals surface area contributed by atoms with E-state index in [9.17, 15) is 4.79 Å². The van der Waals surface area contributed by atoms with Crippen LogP contribution in [-0.2, 0) is 0 Å². The van der Waals surface area contributed by atoms with E-state index in [-0.39, 0.29) is 25.6 Å². The number of rotatable bonds is 5. The molecule has 100 valence electrons. The van der Waals surface area contributed by atoms with Crippen molar-refractivity contribution in [1.82, 2.24) is 5.32 Å². The Labute approximate surface area is 120 Å². The first-order chi connectivity index (χ1) is 10.2. The molecule has 2 rings (SSSR count). The Hall–Kier alpha value is -1.26. The van der Waals surface area contributed by atoms with Gasteiger partial charge in [-0.25, -0.2) is 0 Å². The molecule has 1 unspecified atom stereocenters. The molecule has 1 heterocycles. The number of halogens is 1. The van der Waals surface area contributed by atoms with Crippen molar-refractivity contribution >= 4 is 18.2 Å². The highest BCUT2D eigenvalue weighted by Gasteiger charge is 2.20.